The second-order valence-electron chi connectivity index (χ2n) is 10.2. The van der Waals surface area contributed by atoms with Gasteiger partial charge in [-0.05, 0) is 155 Å². The maximum absolute atomic E-state index is 4.77. The Hall–Kier alpha value is -2.18. The van der Waals surface area contributed by atoms with Crippen molar-refractivity contribution < 1.29 is 0 Å². The van der Waals surface area contributed by atoms with Crippen LogP contribution in [0.2, 0.25) is 0 Å². The Bertz CT molecular complexity index is 1450. The second kappa shape index (κ2) is 9.94. The average molecular weight is 610 g/mol. The molecule has 3 aliphatic rings. The molecule has 188 valence electrons. The van der Waals surface area contributed by atoms with Crippen LogP contribution in [0, 0.1) is 6.92 Å². The first-order valence-corrected chi connectivity index (χ1v) is 14.5. The highest BCUT2D eigenvalue weighted by molar-refractivity contribution is 9.18. The number of halogens is 2. The summed E-state index contributed by atoms with van der Waals surface area (Å²) in [4.78, 5) is 17.1. The molecule has 0 spiro atoms. The average Bonchev–Trinajstić information content (AvgIpc) is 3.51. The van der Waals surface area contributed by atoms with Gasteiger partial charge in [-0.25, -0.2) is 9.98 Å². The third-order valence-electron chi connectivity index (χ3n) is 8.17. The number of aromatic amines is 2. The van der Waals surface area contributed by atoms with Crippen molar-refractivity contribution in [3.05, 3.63) is 78.7 Å². The van der Waals surface area contributed by atoms with Crippen molar-refractivity contribution in [2.75, 3.05) is 0 Å². The fraction of sp³-hybridized carbons (Fsp3) is 0.400. The van der Waals surface area contributed by atoms with Crippen LogP contribution in [0.3, 0.4) is 0 Å². The van der Waals surface area contributed by atoms with Crippen LogP contribution < -0.4 is 0 Å². The van der Waals surface area contributed by atoms with Gasteiger partial charge in [0.15, 0.2) is 0 Å². The quantitative estimate of drug-likeness (QED) is 0.341. The van der Waals surface area contributed by atoms with Gasteiger partial charge >= 0.3 is 0 Å². The van der Waals surface area contributed by atoms with E-state index in [4.69, 9.17) is 9.98 Å². The highest BCUT2D eigenvalue weighted by Crippen LogP contribution is 2.35. The van der Waals surface area contributed by atoms with Gasteiger partial charge in [-0.15, -0.1) is 0 Å². The number of H-pyrrole nitrogens is 2. The normalized spacial score (nSPS) is 20.2. The number of hydrogen-bond donors (Lipinski definition) is 2. The van der Waals surface area contributed by atoms with E-state index in [1.54, 1.807) is 0 Å². The van der Waals surface area contributed by atoms with Gasteiger partial charge in [0, 0.05) is 29.2 Å². The first-order chi connectivity index (χ1) is 17.2. The van der Waals surface area contributed by atoms with Crippen LogP contribution in [0.15, 0.2) is 43.7 Å². The third-order valence-corrected chi connectivity index (χ3v) is 9.71. The summed E-state index contributed by atoms with van der Waals surface area (Å²) in [6.45, 7) is 13.0. The molecule has 2 aromatic heterocycles. The molecule has 5 rings (SSSR count). The van der Waals surface area contributed by atoms with Crippen LogP contribution in [0.1, 0.15) is 92.5 Å². The van der Waals surface area contributed by atoms with E-state index in [-0.39, 0.29) is 0 Å². The predicted octanol–water partition coefficient (Wildman–Crippen LogP) is 8.65. The maximum atomic E-state index is 4.77. The van der Waals surface area contributed by atoms with Crippen LogP contribution in [0.25, 0.3) is 12.2 Å². The molecule has 4 heterocycles. The summed E-state index contributed by atoms with van der Waals surface area (Å²) >= 11 is 7.20. The van der Waals surface area contributed by atoms with Crippen molar-refractivity contribution in [3.8, 4) is 0 Å². The summed E-state index contributed by atoms with van der Waals surface area (Å²) in [6.07, 6.45) is 11.2. The lowest BCUT2D eigenvalue weighted by atomic mass is 9.90. The van der Waals surface area contributed by atoms with E-state index >= 15 is 0 Å². The van der Waals surface area contributed by atoms with Crippen molar-refractivity contribution in [2.24, 2.45) is 9.98 Å². The fourth-order valence-corrected chi connectivity index (χ4v) is 6.57. The number of nitrogens with zero attached hydrogens (tertiary/aromatic N) is 2. The SMILES string of the molecule is CCc1c(Cc2[nH]c(/C=C3/N=C(Br)C(C)=C3C)c3c2CCCC3)[nH]c(/C=C2\N=C(Br)C(C)=C2C)c1C. The molecule has 1 aliphatic carbocycles. The summed E-state index contributed by atoms with van der Waals surface area (Å²) in [5.74, 6) is 0. The molecule has 0 saturated heterocycles. The van der Waals surface area contributed by atoms with Crippen molar-refractivity contribution in [3.63, 3.8) is 0 Å². The number of nitrogens with one attached hydrogen (secondary N) is 2. The molecule has 2 N–H and O–H groups in total. The predicted molar refractivity (Wildman–Crippen MR) is 161 cm³/mol. The van der Waals surface area contributed by atoms with Gasteiger partial charge < -0.3 is 9.97 Å². The summed E-state index contributed by atoms with van der Waals surface area (Å²) < 4.78 is 1.88. The van der Waals surface area contributed by atoms with Gasteiger partial charge in [0.25, 0.3) is 0 Å². The molecule has 0 amide bonds. The zero-order chi connectivity index (χ0) is 25.7. The highest BCUT2D eigenvalue weighted by Gasteiger charge is 2.24. The zero-order valence-corrected chi connectivity index (χ0v) is 25.2. The minimum Gasteiger partial charge on any atom is -0.358 e. The summed E-state index contributed by atoms with van der Waals surface area (Å²) in [6, 6.07) is 0. The molecule has 0 bridgehead atoms. The Labute approximate surface area is 231 Å². The Morgan fingerprint density at radius 3 is 1.78 bits per heavy atom. The van der Waals surface area contributed by atoms with Crippen LogP contribution >= 0.6 is 31.9 Å². The lowest BCUT2D eigenvalue weighted by molar-refractivity contribution is 0.684. The molecule has 2 aromatic rings. The lowest BCUT2D eigenvalue weighted by Gasteiger charge is -2.13. The number of hydrogen-bond acceptors (Lipinski definition) is 2. The third kappa shape index (κ3) is 4.41. The number of rotatable bonds is 5. The van der Waals surface area contributed by atoms with E-state index in [9.17, 15) is 0 Å². The van der Waals surface area contributed by atoms with Crippen LogP contribution in [0.4, 0.5) is 0 Å². The van der Waals surface area contributed by atoms with E-state index < -0.39 is 0 Å². The summed E-state index contributed by atoms with van der Waals surface area (Å²) in [7, 11) is 0. The van der Waals surface area contributed by atoms with Crippen LogP contribution in [-0.2, 0) is 25.7 Å². The molecule has 0 radical (unpaired) electrons. The van der Waals surface area contributed by atoms with Crippen molar-refractivity contribution >= 4 is 53.3 Å². The lowest BCUT2D eigenvalue weighted by Crippen LogP contribution is -2.04. The molecule has 0 atom stereocenters. The zero-order valence-electron chi connectivity index (χ0n) is 22.0. The topological polar surface area (TPSA) is 56.3 Å². The molecule has 4 nitrogen and oxygen atoms in total. The largest absolute Gasteiger partial charge is 0.358 e. The monoisotopic (exact) mass is 608 g/mol. The number of fused-ring (bicyclic) bond motifs is 1. The summed E-state index contributed by atoms with van der Waals surface area (Å²) in [5, 5.41) is 0. The Morgan fingerprint density at radius 2 is 1.25 bits per heavy atom. The van der Waals surface area contributed by atoms with Crippen LogP contribution in [-0.4, -0.2) is 19.2 Å². The van der Waals surface area contributed by atoms with Gasteiger partial charge in [-0.2, -0.15) is 0 Å². The molecule has 36 heavy (non-hydrogen) atoms. The molecular formula is C30H34Br2N4. The Morgan fingerprint density at radius 1 is 0.722 bits per heavy atom. The molecule has 0 aromatic carbocycles. The number of aliphatic imine (C=N–C) groups is 2. The van der Waals surface area contributed by atoms with Gasteiger partial charge in [-0.1, -0.05) is 6.92 Å². The van der Waals surface area contributed by atoms with E-state index in [1.807, 2.05) is 0 Å². The van der Waals surface area contributed by atoms with E-state index in [0.717, 1.165) is 46.3 Å². The van der Waals surface area contributed by atoms with Crippen molar-refractivity contribution in [1.29, 1.82) is 0 Å². The molecule has 0 fully saturated rings. The smallest absolute Gasteiger partial charge is 0.110 e. The number of aromatic nitrogens is 2. The second-order valence-corrected chi connectivity index (χ2v) is 11.7. The first-order valence-electron chi connectivity index (χ1n) is 12.9. The highest BCUT2D eigenvalue weighted by atomic mass is 79.9. The van der Waals surface area contributed by atoms with Gasteiger partial charge in [-0.3, -0.25) is 0 Å². The first kappa shape index (κ1) is 25.5. The Kier molecular flexibility index (Phi) is 7.03. The van der Waals surface area contributed by atoms with Crippen molar-refractivity contribution in [1.82, 2.24) is 9.97 Å². The van der Waals surface area contributed by atoms with Gasteiger partial charge in [0.05, 0.1) is 11.4 Å². The van der Waals surface area contributed by atoms with E-state index in [0.29, 0.717) is 0 Å². The Balaban J connectivity index is 1.53. The molecule has 0 saturated carbocycles. The standard InChI is InChI=1S/C30H34Br2N4/c1-7-20-19(6)25(12-23-15(2)17(4)29(31)35-23)33-26(20)14-28-22-11-9-8-10-21(22)27(34-28)13-24-16(3)18(5)30(32)36-24/h12-13,33-34H,7-11,14H2,1-6H3/b23-12-,24-13+. The molecular weight excluding hydrogens is 576 g/mol. The minimum absolute atomic E-state index is 0.889. The maximum Gasteiger partial charge on any atom is 0.110 e. The van der Waals surface area contributed by atoms with Crippen molar-refractivity contribution in [2.45, 2.75) is 80.1 Å². The number of allylic oxidation sites excluding steroid dienone is 4. The fourth-order valence-electron chi connectivity index (χ4n) is 5.59. The summed E-state index contributed by atoms with van der Waals surface area (Å²) in [5.41, 5.74) is 17.8. The molecule has 0 unspecified atom stereocenters. The van der Waals surface area contributed by atoms with E-state index in [1.165, 1.54) is 80.2 Å². The van der Waals surface area contributed by atoms with E-state index in [2.05, 4.69) is 95.5 Å². The minimum atomic E-state index is 0.889. The van der Waals surface area contributed by atoms with Gasteiger partial charge in [0.1, 0.15) is 9.24 Å². The van der Waals surface area contributed by atoms with Gasteiger partial charge in [0.2, 0.25) is 0 Å². The molecule has 6 heteroatoms. The van der Waals surface area contributed by atoms with Crippen LogP contribution in [0.5, 0.6) is 0 Å². The molecule has 2 aliphatic heterocycles.